The Labute approximate surface area is 154 Å². The van der Waals surface area contributed by atoms with Crippen molar-refractivity contribution in [2.75, 3.05) is 5.75 Å². The summed E-state index contributed by atoms with van der Waals surface area (Å²) >= 11 is 9.30. The molecular weight excluding hydrogens is 424 g/mol. The molecule has 1 aromatic heterocycles. The van der Waals surface area contributed by atoms with Crippen LogP contribution in [0.4, 0.5) is 0 Å². The van der Waals surface area contributed by atoms with E-state index in [1.54, 1.807) is 0 Å². The number of hydrogen-bond donors (Lipinski definition) is 0. The first-order valence-corrected chi connectivity index (χ1v) is 10.4. The SMILES string of the molecule is CCCCCCSC(Cn1ccnc1)c1ccc(Br)cc1Br. The first-order valence-electron chi connectivity index (χ1n) is 7.73. The molecule has 0 amide bonds. The van der Waals surface area contributed by atoms with Gasteiger partial charge in [-0.3, -0.25) is 0 Å². The van der Waals surface area contributed by atoms with E-state index in [1.807, 2.05) is 30.5 Å². The van der Waals surface area contributed by atoms with Crippen molar-refractivity contribution in [1.29, 1.82) is 0 Å². The number of rotatable bonds is 9. The Morgan fingerprint density at radius 2 is 2.09 bits per heavy atom. The summed E-state index contributed by atoms with van der Waals surface area (Å²) in [6.45, 7) is 3.21. The largest absolute Gasteiger partial charge is 0.336 e. The Morgan fingerprint density at radius 3 is 2.77 bits per heavy atom. The molecule has 0 fully saturated rings. The van der Waals surface area contributed by atoms with Gasteiger partial charge in [0.1, 0.15) is 0 Å². The summed E-state index contributed by atoms with van der Waals surface area (Å²) in [5.41, 5.74) is 1.36. The van der Waals surface area contributed by atoms with E-state index >= 15 is 0 Å². The number of nitrogens with zero attached hydrogens (tertiary/aromatic N) is 2. The number of unbranched alkanes of at least 4 members (excludes halogenated alkanes) is 3. The lowest BCUT2D eigenvalue weighted by Gasteiger charge is -2.19. The van der Waals surface area contributed by atoms with Gasteiger partial charge in [0.05, 0.1) is 6.33 Å². The molecule has 0 radical (unpaired) electrons. The van der Waals surface area contributed by atoms with Crippen molar-refractivity contribution in [3.63, 3.8) is 0 Å². The second-order valence-corrected chi connectivity index (χ2v) is 8.43. The van der Waals surface area contributed by atoms with Gasteiger partial charge in [-0.2, -0.15) is 11.8 Å². The molecule has 0 bridgehead atoms. The lowest BCUT2D eigenvalue weighted by atomic mass is 10.1. The van der Waals surface area contributed by atoms with E-state index in [9.17, 15) is 0 Å². The highest BCUT2D eigenvalue weighted by Crippen LogP contribution is 2.37. The molecule has 2 rings (SSSR count). The summed E-state index contributed by atoms with van der Waals surface area (Å²) in [6, 6.07) is 6.47. The van der Waals surface area contributed by atoms with Crippen molar-refractivity contribution >= 4 is 43.6 Å². The summed E-state index contributed by atoms with van der Waals surface area (Å²) in [6.07, 6.45) is 11.1. The molecule has 1 heterocycles. The zero-order valence-corrected chi connectivity index (χ0v) is 16.8. The van der Waals surface area contributed by atoms with E-state index in [-0.39, 0.29) is 0 Å². The Bertz CT molecular complexity index is 558. The van der Waals surface area contributed by atoms with Crippen LogP contribution in [0, 0.1) is 0 Å². The van der Waals surface area contributed by atoms with Crippen LogP contribution in [0.15, 0.2) is 45.9 Å². The Hall–Kier alpha value is -0.260. The average Bonchev–Trinajstić information content (AvgIpc) is 2.99. The quantitative estimate of drug-likeness (QED) is 0.412. The maximum atomic E-state index is 4.16. The van der Waals surface area contributed by atoms with Crippen molar-refractivity contribution in [3.05, 3.63) is 51.4 Å². The van der Waals surface area contributed by atoms with E-state index in [1.165, 1.54) is 41.5 Å². The summed E-state index contributed by atoms with van der Waals surface area (Å²) in [7, 11) is 0. The fourth-order valence-electron chi connectivity index (χ4n) is 2.34. The molecule has 1 unspecified atom stereocenters. The Kier molecular flexibility index (Phi) is 8.04. The third-order valence-corrected chi connectivity index (χ3v) is 6.07. The van der Waals surface area contributed by atoms with Crippen LogP contribution >= 0.6 is 43.6 Å². The Morgan fingerprint density at radius 1 is 1.23 bits per heavy atom. The normalized spacial score (nSPS) is 12.5. The van der Waals surface area contributed by atoms with Gasteiger partial charge in [-0.1, -0.05) is 64.1 Å². The minimum Gasteiger partial charge on any atom is -0.336 e. The molecule has 0 aliphatic carbocycles. The molecule has 0 aliphatic rings. The van der Waals surface area contributed by atoms with Crippen molar-refractivity contribution in [2.45, 2.75) is 44.4 Å². The molecule has 1 aromatic carbocycles. The number of imidazole rings is 1. The number of aromatic nitrogens is 2. The van der Waals surface area contributed by atoms with Gasteiger partial charge in [-0.15, -0.1) is 0 Å². The predicted molar refractivity (Wildman–Crippen MR) is 103 cm³/mol. The van der Waals surface area contributed by atoms with Gasteiger partial charge in [0.2, 0.25) is 0 Å². The number of benzene rings is 1. The molecule has 22 heavy (non-hydrogen) atoms. The molecule has 2 aromatic rings. The van der Waals surface area contributed by atoms with E-state index in [4.69, 9.17) is 0 Å². The van der Waals surface area contributed by atoms with Crippen molar-refractivity contribution in [2.24, 2.45) is 0 Å². The Balaban J connectivity index is 2.03. The van der Waals surface area contributed by atoms with Crippen LogP contribution in [-0.4, -0.2) is 15.3 Å². The molecule has 1 atom stereocenters. The highest BCUT2D eigenvalue weighted by molar-refractivity contribution is 9.11. The first-order chi connectivity index (χ1) is 10.7. The third kappa shape index (κ3) is 5.74. The third-order valence-electron chi connectivity index (χ3n) is 3.56. The lowest BCUT2D eigenvalue weighted by molar-refractivity contribution is 0.676. The second kappa shape index (κ2) is 9.78. The molecule has 0 saturated carbocycles. The van der Waals surface area contributed by atoms with Crippen LogP contribution in [0.25, 0.3) is 0 Å². The minimum atomic E-state index is 0.443. The summed E-state index contributed by atoms with van der Waals surface area (Å²) in [5, 5.41) is 0.443. The van der Waals surface area contributed by atoms with Gasteiger partial charge in [0.25, 0.3) is 0 Å². The van der Waals surface area contributed by atoms with Crippen LogP contribution in [-0.2, 0) is 6.54 Å². The van der Waals surface area contributed by atoms with Gasteiger partial charge in [-0.05, 0) is 29.9 Å². The van der Waals surface area contributed by atoms with Crippen molar-refractivity contribution in [1.82, 2.24) is 9.55 Å². The standard InChI is InChI=1S/C17H22Br2N2S/c1-2-3-4-5-10-22-17(12-21-9-8-20-13-21)15-7-6-14(18)11-16(15)19/h6-9,11,13,17H,2-5,10,12H2,1H3. The topological polar surface area (TPSA) is 17.8 Å². The van der Waals surface area contributed by atoms with E-state index < -0.39 is 0 Å². The summed E-state index contributed by atoms with van der Waals surface area (Å²) in [4.78, 5) is 4.16. The zero-order chi connectivity index (χ0) is 15.8. The average molecular weight is 446 g/mol. The van der Waals surface area contributed by atoms with E-state index in [0.717, 1.165) is 11.0 Å². The number of thioether (sulfide) groups is 1. The maximum absolute atomic E-state index is 4.16. The number of halogens is 2. The summed E-state index contributed by atoms with van der Waals surface area (Å²) in [5.74, 6) is 1.21. The first kappa shape index (κ1) is 18.1. The van der Waals surface area contributed by atoms with Crippen molar-refractivity contribution < 1.29 is 0 Å². The van der Waals surface area contributed by atoms with Crippen molar-refractivity contribution in [3.8, 4) is 0 Å². The van der Waals surface area contributed by atoms with Crippen LogP contribution < -0.4 is 0 Å². The molecule has 0 spiro atoms. The minimum absolute atomic E-state index is 0.443. The molecule has 120 valence electrons. The molecule has 2 nitrogen and oxygen atoms in total. The van der Waals surface area contributed by atoms with Gasteiger partial charge in [-0.25, -0.2) is 4.98 Å². The number of hydrogen-bond acceptors (Lipinski definition) is 2. The highest BCUT2D eigenvalue weighted by atomic mass is 79.9. The van der Waals surface area contributed by atoms with Gasteiger partial charge < -0.3 is 4.57 Å². The molecule has 0 aliphatic heterocycles. The smallest absolute Gasteiger partial charge is 0.0946 e. The second-order valence-electron chi connectivity index (χ2n) is 5.35. The summed E-state index contributed by atoms with van der Waals surface area (Å²) < 4.78 is 4.45. The predicted octanol–water partition coefficient (Wildman–Crippen LogP) is 6.46. The van der Waals surface area contributed by atoms with Crippen LogP contribution in [0.3, 0.4) is 0 Å². The fourth-order valence-corrected chi connectivity index (χ4v) is 5.14. The zero-order valence-electron chi connectivity index (χ0n) is 12.8. The van der Waals surface area contributed by atoms with Crippen LogP contribution in [0.5, 0.6) is 0 Å². The monoisotopic (exact) mass is 444 g/mol. The van der Waals surface area contributed by atoms with E-state index in [0.29, 0.717) is 5.25 Å². The maximum Gasteiger partial charge on any atom is 0.0946 e. The molecule has 0 N–H and O–H groups in total. The molecule has 0 saturated heterocycles. The van der Waals surface area contributed by atoms with Gasteiger partial charge in [0.15, 0.2) is 0 Å². The highest BCUT2D eigenvalue weighted by Gasteiger charge is 2.16. The fraction of sp³-hybridized carbons (Fsp3) is 0.471. The van der Waals surface area contributed by atoms with Gasteiger partial charge in [0, 0.05) is 33.1 Å². The van der Waals surface area contributed by atoms with Crippen LogP contribution in [0.2, 0.25) is 0 Å². The van der Waals surface area contributed by atoms with Crippen LogP contribution in [0.1, 0.15) is 43.4 Å². The lowest BCUT2D eigenvalue weighted by Crippen LogP contribution is -2.06. The van der Waals surface area contributed by atoms with E-state index in [2.05, 4.69) is 66.5 Å². The molecule has 5 heteroatoms. The molecular formula is C17H22Br2N2S. The van der Waals surface area contributed by atoms with Gasteiger partial charge >= 0.3 is 0 Å².